The lowest BCUT2D eigenvalue weighted by molar-refractivity contribution is -0.115. The molecule has 21 heavy (non-hydrogen) atoms. The lowest BCUT2D eigenvalue weighted by atomic mass is 10.2. The number of amides is 1. The van der Waals surface area contributed by atoms with Gasteiger partial charge in [-0.25, -0.2) is 8.42 Å². The molecule has 1 fully saturated rings. The molecular weight excluding hydrogens is 312 g/mol. The Labute approximate surface area is 130 Å². The Bertz CT molecular complexity index is 631. The van der Waals surface area contributed by atoms with Gasteiger partial charge in [-0.3, -0.25) is 4.79 Å². The number of rotatable bonds is 4. The van der Waals surface area contributed by atoms with E-state index in [2.05, 4.69) is 10.6 Å². The second kappa shape index (κ2) is 6.77. The van der Waals surface area contributed by atoms with Crippen molar-refractivity contribution in [3.8, 4) is 0 Å². The van der Waals surface area contributed by atoms with Gasteiger partial charge >= 0.3 is 0 Å². The van der Waals surface area contributed by atoms with Crippen molar-refractivity contribution in [2.24, 2.45) is 0 Å². The number of hydrogen-bond acceptors (Lipinski definition) is 4. The highest BCUT2D eigenvalue weighted by Gasteiger charge is 2.24. The average Bonchev–Trinajstić information content (AvgIpc) is 2.40. The first-order valence-corrected chi connectivity index (χ1v) is 9.05. The van der Waals surface area contributed by atoms with E-state index in [1.165, 1.54) is 0 Å². The zero-order valence-corrected chi connectivity index (χ0v) is 13.4. The number of carbonyl (C=O) groups is 1. The van der Waals surface area contributed by atoms with Crippen molar-refractivity contribution in [1.82, 2.24) is 5.32 Å². The number of sulfone groups is 1. The van der Waals surface area contributed by atoms with E-state index in [4.69, 9.17) is 11.6 Å². The van der Waals surface area contributed by atoms with Crippen molar-refractivity contribution in [3.63, 3.8) is 0 Å². The predicted molar refractivity (Wildman–Crippen MR) is 84.5 cm³/mol. The van der Waals surface area contributed by atoms with Crippen LogP contribution in [0.25, 0.3) is 0 Å². The van der Waals surface area contributed by atoms with Gasteiger partial charge in [-0.05, 0) is 37.5 Å². The third-order valence-electron chi connectivity index (χ3n) is 3.49. The fourth-order valence-electron chi connectivity index (χ4n) is 2.34. The van der Waals surface area contributed by atoms with Gasteiger partial charge in [-0.2, -0.15) is 0 Å². The first-order valence-electron chi connectivity index (χ1n) is 6.85. The van der Waals surface area contributed by atoms with E-state index in [1.807, 2.05) is 13.0 Å². The van der Waals surface area contributed by atoms with E-state index in [-0.39, 0.29) is 30.0 Å². The van der Waals surface area contributed by atoms with Crippen LogP contribution in [0.15, 0.2) is 18.2 Å². The average molecular weight is 331 g/mol. The van der Waals surface area contributed by atoms with E-state index in [1.54, 1.807) is 12.1 Å². The molecule has 0 saturated carbocycles. The Morgan fingerprint density at radius 2 is 2.19 bits per heavy atom. The van der Waals surface area contributed by atoms with E-state index in [0.717, 1.165) is 12.0 Å². The SMILES string of the molecule is Cc1ccc(Cl)cc1NC(=O)CNC1CCCS(=O)(=O)C1. The Morgan fingerprint density at radius 3 is 2.90 bits per heavy atom. The van der Waals surface area contributed by atoms with Crippen LogP contribution in [0.5, 0.6) is 0 Å². The number of nitrogens with one attached hydrogen (secondary N) is 2. The molecule has 0 aromatic heterocycles. The maximum Gasteiger partial charge on any atom is 0.238 e. The van der Waals surface area contributed by atoms with E-state index >= 15 is 0 Å². The highest BCUT2D eigenvalue weighted by Crippen LogP contribution is 2.20. The molecule has 5 nitrogen and oxygen atoms in total. The maximum absolute atomic E-state index is 11.9. The molecule has 116 valence electrons. The third-order valence-corrected chi connectivity index (χ3v) is 5.54. The summed E-state index contributed by atoms with van der Waals surface area (Å²) >= 11 is 5.90. The van der Waals surface area contributed by atoms with Crippen LogP contribution < -0.4 is 10.6 Å². The summed E-state index contributed by atoms with van der Waals surface area (Å²) in [5.74, 6) is 0.151. The number of hydrogen-bond donors (Lipinski definition) is 2. The number of halogens is 1. The number of anilines is 1. The molecule has 1 unspecified atom stereocenters. The van der Waals surface area contributed by atoms with Crippen molar-refractivity contribution in [2.45, 2.75) is 25.8 Å². The smallest absolute Gasteiger partial charge is 0.238 e. The van der Waals surface area contributed by atoms with Gasteiger partial charge in [0.1, 0.15) is 0 Å². The summed E-state index contributed by atoms with van der Waals surface area (Å²) < 4.78 is 23.0. The molecule has 1 aliphatic rings. The van der Waals surface area contributed by atoms with Crippen molar-refractivity contribution in [1.29, 1.82) is 0 Å². The van der Waals surface area contributed by atoms with Crippen LogP contribution in [0.2, 0.25) is 5.02 Å². The zero-order valence-electron chi connectivity index (χ0n) is 11.9. The Balaban J connectivity index is 1.86. The van der Waals surface area contributed by atoms with Gasteiger partial charge < -0.3 is 10.6 Å². The second-order valence-electron chi connectivity index (χ2n) is 5.34. The largest absolute Gasteiger partial charge is 0.325 e. The predicted octanol–water partition coefficient (Wildman–Crippen LogP) is 1.75. The molecule has 0 aliphatic carbocycles. The minimum atomic E-state index is -2.96. The van der Waals surface area contributed by atoms with Crippen LogP contribution in [0.3, 0.4) is 0 Å². The summed E-state index contributed by atoms with van der Waals surface area (Å²) in [6.07, 6.45) is 1.43. The molecule has 2 N–H and O–H groups in total. The minimum Gasteiger partial charge on any atom is -0.325 e. The molecule has 1 heterocycles. The van der Waals surface area contributed by atoms with Gasteiger partial charge in [0.15, 0.2) is 9.84 Å². The van der Waals surface area contributed by atoms with Crippen molar-refractivity contribution >= 4 is 33.0 Å². The molecule has 1 aromatic carbocycles. The Morgan fingerprint density at radius 1 is 1.43 bits per heavy atom. The molecule has 0 bridgehead atoms. The van der Waals surface area contributed by atoms with Crippen LogP contribution >= 0.6 is 11.6 Å². The van der Waals surface area contributed by atoms with Crippen LogP contribution in [0.4, 0.5) is 5.69 Å². The summed E-state index contributed by atoms with van der Waals surface area (Å²) in [5, 5.41) is 6.34. The van der Waals surface area contributed by atoms with Gasteiger partial charge in [0.05, 0.1) is 18.1 Å². The van der Waals surface area contributed by atoms with Gasteiger partial charge in [-0.15, -0.1) is 0 Å². The summed E-state index contributed by atoms with van der Waals surface area (Å²) in [6.45, 7) is 1.97. The van der Waals surface area contributed by atoms with Gasteiger partial charge in [-0.1, -0.05) is 17.7 Å². The molecule has 2 rings (SSSR count). The molecular formula is C14H19ClN2O3S. The summed E-state index contributed by atoms with van der Waals surface area (Å²) in [7, 11) is -2.96. The zero-order chi connectivity index (χ0) is 15.5. The molecule has 0 spiro atoms. The normalized spacial score (nSPS) is 21.0. The van der Waals surface area contributed by atoms with E-state index in [0.29, 0.717) is 17.1 Å². The minimum absolute atomic E-state index is 0.0894. The number of benzene rings is 1. The standard InChI is InChI=1S/C14H19ClN2O3S/c1-10-4-5-11(15)7-13(10)17-14(18)8-16-12-3-2-6-21(19,20)9-12/h4-5,7,12,16H,2-3,6,8-9H2,1H3,(H,17,18). The van der Waals surface area contributed by atoms with Crippen molar-refractivity contribution in [2.75, 3.05) is 23.4 Å². The first kappa shape index (κ1) is 16.3. The summed E-state index contributed by atoms with van der Waals surface area (Å²) in [5.41, 5.74) is 1.60. The maximum atomic E-state index is 11.9. The van der Waals surface area contributed by atoms with Crippen molar-refractivity contribution < 1.29 is 13.2 Å². The number of carbonyl (C=O) groups excluding carboxylic acids is 1. The monoisotopic (exact) mass is 330 g/mol. The third kappa shape index (κ3) is 4.98. The van der Waals surface area contributed by atoms with Crippen LogP contribution in [-0.2, 0) is 14.6 Å². The quantitative estimate of drug-likeness (QED) is 0.882. The molecule has 1 amide bonds. The summed E-state index contributed by atoms with van der Waals surface area (Å²) in [6, 6.07) is 5.14. The van der Waals surface area contributed by atoms with Crippen LogP contribution in [0.1, 0.15) is 18.4 Å². The molecule has 7 heteroatoms. The van der Waals surface area contributed by atoms with Gasteiger partial charge in [0, 0.05) is 16.8 Å². The topological polar surface area (TPSA) is 75.3 Å². The van der Waals surface area contributed by atoms with Crippen molar-refractivity contribution in [3.05, 3.63) is 28.8 Å². The Kier molecular flexibility index (Phi) is 5.24. The molecule has 1 atom stereocenters. The molecule has 1 saturated heterocycles. The Hall–Kier alpha value is -1.11. The van der Waals surface area contributed by atoms with E-state index < -0.39 is 9.84 Å². The van der Waals surface area contributed by atoms with E-state index in [9.17, 15) is 13.2 Å². The van der Waals surface area contributed by atoms with Crippen LogP contribution in [0, 0.1) is 6.92 Å². The highest BCUT2D eigenvalue weighted by molar-refractivity contribution is 7.91. The summed E-state index contributed by atoms with van der Waals surface area (Å²) in [4.78, 5) is 11.9. The number of aryl methyl sites for hydroxylation is 1. The molecule has 1 aliphatic heterocycles. The first-order chi connectivity index (χ1) is 9.85. The fourth-order valence-corrected chi connectivity index (χ4v) is 4.19. The van der Waals surface area contributed by atoms with Crippen LogP contribution in [-0.4, -0.2) is 38.4 Å². The second-order valence-corrected chi connectivity index (χ2v) is 8.01. The highest BCUT2D eigenvalue weighted by atomic mass is 35.5. The molecule has 1 aromatic rings. The lowest BCUT2D eigenvalue weighted by Gasteiger charge is -2.22. The van der Waals surface area contributed by atoms with Gasteiger partial charge in [0.25, 0.3) is 0 Å². The lowest BCUT2D eigenvalue weighted by Crippen LogP contribution is -2.43. The van der Waals surface area contributed by atoms with Gasteiger partial charge in [0.2, 0.25) is 5.91 Å². The fraction of sp³-hybridized carbons (Fsp3) is 0.500. The molecule has 0 radical (unpaired) electrons.